The molecule has 1 aliphatic heterocycles. The van der Waals surface area contributed by atoms with Gasteiger partial charge in [-0.15, -0.1) is 13.2 Å². The molecule has 0 radical (unpaired) electrons. The monoisotopic (exact) mass is 293 g/mol. The molecule has 1 N–H and O–H groups in total. The Kier molecular flexibility index (Phi) is 6.14. The van der Waals surface area contributed by atoms with Gasteiger partial charge in [-0.25, -0.2) is 4.79 Å². The van der Waals surface area contributed by atoms with E-state index in [0.29, 0.717) is 19.5 Å². The molecule has 0 aliphatic carbocycles. The van der Waals surface area contributed by atoms with Crippen molar-refractivity contribution in [2.45, 2.75) is 26.3 Å². The van der Waals surface area contributed by atoms with Crippen molar-refractivity contribution in [2.24, 2.45) is 5.92 Å². The van der Waals surface area contributed by atoms with E-state index >= 15 is 0 Å². The maximum Gasteiger partial charge on any atom is 0.325 e. The summed E-state index contributed by atoms with van der Waals surface area (Å²) in [6.07, 6.45) is 3.75. The van der Waals surface area contributed by atoms with Gasteiger partial charge >= 0.3 is 6.03 Å². The van der Waals surface area contributed by atoms with Crippen LogP contribution in [0.25, 0.3) is 0 Å². The third-order valence-electron chi connectivity index (χ3n) is 3.16. The van der Waals surface area contributed by atoms with Gasteiger partial charge in [0.05, 0.1) is 0 Å². The molecular formula is C15H23N3O3. The fourth-order valence-electron chi connectivity index (χ4n) is 2.18. The lowest BCUT2D eigenvalue weighted by Crippen LogP contribution is -2.43. The molecule has 0 bridgehead atoms. The number of nitrogens with zero attached hydrogens (tertiary/aromatic N) is 2. The number of imide groups is 1. The van der Waals surface area contributed by atoms with E-state index in [0.717, 1.165) is 4.90 Å². The second-order valence-corrected chi connectivity index (χ2v) is 5.43. The van der Waals surface area contributed by atoms with Crippen molar-refractivity contribution in [1.29, 1.82) is 0 Å². The van der Waals surface area contributed by atoms with Crippen LogP contribution in [0.1, 0.15) is 20.3 Å². The smallest absolute Gasteiger partial charge is 0.325 e. The highest BCUT2D eigenvalue weighted by atomic mass is 16.2. The first-order valence-electron chi connectivity index (χ1n) is 7.02. The van der Waals surface area contributed by atoms with Gasteiger partial charge in [0.2, 0.25) is 5.91 Å². The van der Waals surface area contributed by atoms with Crippen LogP contribution in [0, 0.1) is 5.92 Å². The maximum absolute atomic E-state index is 12.2. The summed E-state index contributed by atoms with van der Waals surface area (Å²) in [5.74, 6) is -0.351. The number of carbonyl (C=O) groups excluding carboxylic acids is 3. The fourth-order valence-corrected chi connectivity index (χ4v) is 2.18. The zero-order chi connectivity index (χ0) is 16.0. The largest absolute Gasteiger partial charge is 0.334 e. The van der Waals surface area contributed by atoms with E-state index < -0.39 is 12.1 Å². The van der Waals surface area contributed by atoms with E-state index in [-0.39, 0.29) is 24.3 Å². The molecular weight excluding hydrogens is 270 g/mol. The standard InChI is InChI=1S/C15H23N3O3/c1-5-7-17(8-6-2)13(19)10-18-14(20)12(9-11(3)4)16-15(18)21/h5-6,11-12H,1-2,7-10H2,3-4H3,(H,16,21). The molecule has 1 unspecified atom stereocenters. The van der Waals surface area contributed by atoms with Gasteiger partial charge < -0.3 is 10.2 Å². The van der Waals surface area contributed by atoms with Crippen LogP contribution in [-0.2, 0) is 9.59 Å². The lowest BCUT2D eigenvalue weighted by molar-refractivity contribution is -0.136. The van der Waals surface area contributed by atoms with E-state index in [2.05, 4.69) is 18.5 Å². The van der Waals surface area contributed by atoms with E-state index in [1.54, 1.807) is 12.2 Å². The highest BCUT2D eigenvalue weighted by Crippen LogP contribution is 2.14. The molecule has 1 heterocycles. The molecule has 1 fully saturated rings. The molecule has 21 heavy (non-hydrogen) atoms. The van der Waals surface area contributed by atoms with Crippen LogP contribution >= 0.6 is 0 Å². The highest BCUT2D eigenvalue weighted by molar-refractivity contribution is 6.06. The third-order valence-corrected chi connectivity index (χ3v) is 3.16. The minimum atomic E-state index is -0.530. The number of urea groups is 1. The topological polar surface area (TPSA) is 69.7 Å². The van der Waals surface area contributed by atoms with Gasteiger partial charge in [-0.05, 0) is 12.3 Å². The quantitative estimate of drug-likeness (QED) is 0.539. The Balaban J connectivity index is 2.70. The first-order chi connectivity index (χ1) is 9.90. The lowest BCUT2D eigenvalue weighted by Gasteiger charge is -2.22. The Morgan fingerprint density at radius 3 is 2.38 bits per heavy atom. The molecule has 0 spiro atoms. The molecule has 1 saturated heterocycles. The second kappa shape index (κ2) is 7.61. The highest BCUT2D eigenvalue weighted by Gasteiger charge is 2.39. The molecule has 0 aromatic rings. The van der Waals surface area contributed by atoms with E-state index in [9.17, 15) is 14.4 Å². The Bertz CT molecular complexity index is 435. The SMILES string of the molecule is C=CCN(CC=C)C(=O)CN1C(=O)NC(CC(C)C)C1=O. The molecule has 6 nitrogen and oxygen atoms in total. The minimum absolute atomic E-state index is 0.249. The van der Waals surface area contributed by atoms with Crippen LogP contribution in [-0.4, -0.2) is 53.3 Å². The minimum Gasteiger partial charge on any atom is -0.334 e. The third kappa shape index (κ3) is 4.44. The number of hydrogen-bond acceptors (Lipinski definition) is 3. The first kappa shape index (κ1) is 16.9. The number of rotatable bonds is 8. The predicted molar refractivity (Wildman–Crippen MR) is 80.5 cm³/mol. The van der Waals surface area contributed by atoms with Gasteiger partial charge in [-0.2, -0.15) is 0 Å². The molecule has 0 aromatic heterocycles. The van der Waals surface area contributed by atoms with E-state index in [1.165, 1.54) is 4.90 Å². The van der Waals surface area contributed by atoms with Gasteiger partial charge in [0, 0.05) is 13.1 Å². The number of amides is 4. The summed E-state index contributed by atoms with van der Waals surface area (Å²) < 4.78 is 0. The zero-order valence-electron chi connectivity index (χ0n) is 12.7. The van der Waals surface area contributed by atoms with Gasteiger partial charge in [0.25, 0.3) is 5.91 Å². The number of hydrogen-bond donors (Lipinski definition) is 1. The fraction of sp³-hybridized carbons (Fsp3) is 0.533. The van der Waals surface area contributed by atoms with Crippen LogP contribution < -0.4 is 5.32 Å². The van der Waals surface area contributed by atoms with Crippen molar-refractivity contribution in [3.05, 3.63) is 25.3 Å². The van der Waals surface area contributed by atoms with Crippen LogP contribution in [0.4, 0.5) is 4.79 Å². The van der Waals surface area contributed by atoms with Crippen molar-refractivity contribution >= 4 is 17.8 Å². The lowest BCUT2D eigenvalue weighted by atomic mass is 10.0. The van der Waals surface area contributed by atoms with E-state index in [4.69, 9.17) is 0 Å². The zero-order valence-corrected chi connectivity index (χ0v) is 12.7. The molecule has 6 heteroatoms. The molecule has 4 amide bonds. The summed E-state index contributed by atoms with van der Waals surface area (Å²) in [4.78, 5) is 38.6. The molecule has 1 atom stereocenters. The summed E-state index contributed by atoms with van der Waals surface area (Å²) in [6, 6.07) is -1.03. The molecule has 1 aliphatic rings. The van der Waals surface area contributed by atoms with Gasteiger partial charge in [0.15, 0.2) is 0 Å². The Labute approximate surface area is 125 Å². The predicted octanol–water partition coefficient (Wildman–Crippen LogP) is 1.15. The Hall–Kier alpha value is -2.11. The second-order valence-electron chi connectivity index (χ2n) is 5.43. The molecule has 0 saturated carbocycles. The van der Waals surface area contributed by atoms with E-state index in [1.807, 2.05) is 13.8 Å². The van der Waals surface area contributed by atoms with Crippen molar-refractivity contribution < 1.29 is 14.4 Å². The summed E-state index contributed by atoms with van der Waals surface area (Å²) >= 11 is 0. The summed E-state index contributed by atoms with van der Waals surface area (Å²) in [5, 5.41) is 2.62. The van der Waals surface area contributed by atoms with Crippen molar-refractivity contribution in [3.63, 3.8) is 0 Å². The van der Waals surface area contributed by atoms with Gasteiger partial charge in [-0.3, -0.25) is 14.5 Å². The Morgan fingerprint density at radius 1 is 1.33 bits per heavy atom. The van der Waals surface area contributed by atoms with Crippen LogP contribution in [0.15, 0.2) is 25.3 Å². The first-order valence-corrected chi connectivity index (χ1v) is 7.02. The average Bonchev–Trinajstić information content (AvgIpc) is 2.65. The van der Waals surface area contributed by atoms with Crippen molar-refractivity contribution in [2.75, 3.05) is 19.6 Å². The number of carbonyl (C=O) groups is 3. The van der Waals surface area contributed by atoms with Crippen LogP contribution in [0.5, 0.6) is 0 Å². The summed E-state index contributed by atoms with van der Waals surface area (Å²) in [5.41, 5.74) is 0. The summed E-state index contributed by atoms with van der Waals surface area (Å²) in [7, 11) is 0. The average molecular weight is 293 g/mol. The normalized spacial score (nSPS) is 17.9. The van der Waals surface area contributed by atoms with Gasteiger partial charge in [0.1, 0.15) is 12.6 Å². The summed E-state index contributed by atoms with van der Waals surface area (Å²) in [6.45, 7) is 11.6. The molecule has 116 valence electrons. The molecule has 0 aromatic carbocycles. The molecule has 1 rings (SSSR count). The van der Waals surface area contributed by atoms with Crippen LogP contribution in [0.3, 0.4) is 0 Å². The van der Waals surface area contributed by atoms with Crippen LogP contribution in [0.2, 0.25) is 0 Å². The maximum atomic E-state index is 12.2. The Morgan fingerprint density at radius 2 is 1.90 bits per heavy atom. The van der Waals surface area contributed by atoms with Crippen molar-refractivity contribution in [1.82, 2.24) is 15.1 Å². The van der Waals surface area contributed by atoms with Gasteiger partial charge in [-0.1, -0.05) is 26.0 Å². The number of nitrogens with one attached hydrogen (secondary N) is 1. The van der Waals surface area contributed by atoms with Crippen molar-refractivity contribution in [3.8, 4) is 0 Å².